The zero-order chi connectivity index (χ0) is 20.3. The number of hydrogen-bond donors (Lipinski definition) is 2. The van der Waals surface area contributed by atoms with Gasteiger partial charge in [0, 0.05) is 39.1 Å². The Morgan fingerprint density at radius 1 is 1.17 bits per heavy atom. The van der Waals surface area contributed by atoms with E-state index < -0.39 is 0 Å². The third-order valence-corrected chi connectivity index (χ3v) is 5.50. The lowest BCUT2D eigenvalue weighted by molar-refractivity contribution is 0.0468. The first kappa shape index (κ1) is 21.4. The molecule has 0 unspecified atom stereocenters. The van der Waals surface area contributed by atoms with Gasteiger partial charge >= 0.3 is 0 Å². The maximum Gasteiger partial charge on any atom is 0.191 e. The van der Waals surface area contributed by atoms with E-state index >= 15 is 0 Å². The third-order valence-electron chi connectivity index (χ3n) is 5.50. The van der Waals surface area contributed by atoms with Crippen molar-refractivity contribution in [3.05, 3.63) is 53.6 Å². The number of nitrogens with zero attached hydrogens (tertiary/aromatic N) is 3. The van der Waals surface area contributed by atoms with Crippen LogP contribution in [0.5, 0.6) is 0 Å². The Hall–Kier alpha value is -2.34. The zero-order valence-electron chi connectivity index (χ0n) is 17.9. The van der Waals surface area contributed by atoms with Crippen molar-refractivity contribution < 1.29 is 4.74 Å². The Kier molecular flexibility index (Phi) is 8.56. The van der Waals surface area contributed by atoms with Crippen molar-refractivity contribution in [3.8, 4) is 0 Å². The van der Waals surface area contributed by atoms with Crippen molar-refractivity contribution in [2.75, 3.05) is 20.2 Å². The van der Waals surface area contributed by atoms with Crippen molar-refractivity contribution in [2.45, 2.75) is 64.6 Å². The monoisotopic (exact) mass is 397 g/mol. The van der Waals surface area contributed by atoms with E-state index in [1.807, 2.05) is 19.3 Å². The highest BCUT2D eigenvalue weighted by Crippen LogP contribution is 2.19. The molecule has 6 nitrogen and oxygen atoms in total. The maximum absolute atomic E-state index is 6.04. The lowest BCUT2D eigenvalue weighted by atomic mass is 10.1. The van der Waals surface area contributed by atoms with Crippen LogP contribution in [-0.2, 0) is 17.8 Å². The highest BCUT2D eigenvalue weighted by molar-refractivity contribution is 5.79. The zero-order valence-corrected chi connectivity index (χ0v) is 17.9. The average molecular weight is 398 g/mol. The van der Waals surface area contributed by atoms with Crippen molar-refractivity contribution in [1.82, 2.24) is 20.2 Å². The fraction of sp³-hybridized carbons (Fsp3) is 0.565. The molecule has 0 saturated heterocycles. The SMILES string of the molecule is CN=C(NCCOC1CCCCCC1)NCc1cccc(Cn2ccnc2C)c1. The molecule has 2 aromatic rings. The van der Waals surface area contributed by atoms with Gasteiger partial charge in [-0.3, -0.25) is 4.99 Å². The van der Waals surface area contributed by atoms with Crippen LogP contribution in [0.2, 0.25) is 0 Å². The van der Waals surface area contributed by atoms with Crippen molar-refractivity contribution in [3.63, 3.8) is 0 Å². The van der Waals surface area contributed by atoms with E-state index in [1.54, 1.807) is 7.05 Å². The third kappa shape index (κ3) is 7.20. The highest BCUT2D eigenvalue weighted by Gasteiger charge is 2.12. The van der Waals surface area contributed by atoms with Gasteiger partial charge in [0.15, 0.2) is 5.96 Å². The minimum atomic E-state index is 0.441. The number of guanidine groups is 1. The van der Waals surface area contributed by atoms with E-state index in [-0.39, 0.29) is 0 Å². The fourth-order valence-electron chi connectivity index (χ4n) is 3.82. The summed E-state index contributed by atoms with van der Waals surface area (Å²) in [5.74, 6) is 1.84. The maximum atomic E-state index is 6.04. The topological polar surface area (TPSA) is 63.5 Å². The van der Waals surface area contributed by atoms with E-state index in [9.17, 15) is 0 Å². The lowest BCUT2D eigenvalue weighted by Gasteiger charge is -2.17. The Balaban J connectivity index is 1.39. The van der Waals surface area contributed by atoms with Crippen molar-refractivity contribution >= 4 is 5.96 Å². The molecule has 1 aromatic heterocycles. The van der Waals surface area contributed by atoms with Crippen LogP contribution in [0.3, 0.4) is 0 Å². The van der Waals surface area contributed by atoms with Crippen LogP contribution in [0, 0.1) is 6.92 Å². The molecule has 29 heavy (non-hydrogen) atoms. The van der Waals surface area contributed by atoms with Gasteiger partial charge in [-0.2, -0.15) is 0 Å². The second kappa shape index (κ2) is 11.6. The van der Waals surface area contributed by atoms with E-state index in [0.29, 0.717) is 6.10 Å². The molecule has 0 amide bonds. The van der Waals surface area contributed by atoms with E-state index in [0.717, 1.165) is 38.0 Å². The standard InChI is InChI=1S/C23H35N5O/c1-19-25-12-14-28(19)18-21-9-7-8-20(16-21)17-27-23(24-2)26-13-15-29-22-10-5-3-4-6-11-22/h7-9,12,14,16,22H,3-6,10-11,13,15,17-18H2,1-2H3,(H2,24,26,27). The number of aliphatic imine (C=N–C) groups is 1. The number of nitrogens with one attached hydrogen (secondary N) is 2. The molecule has 0 atom stereocenters. The van der Waals surface area contributed by atoms with Crippen LogP contribution in [0.25, 0.3) is 0 Å². The van der Waals surface area contributed by atoms with E-state index in [1.165, 1.54) is 49.7 Å². The van der Waals surface area contributed by atoms with Crippen LogP contribution in [0.1, 0.15) is 55.5 Å². The molecule has 0 bridgehead atoms. The van der Waals surface area contributed by atoms with Gasteiger partial charge in [-0.25, -0.2) is 4.98 Å². The van der Waals surface area contributed by atoms with Gasteiger partial charge in [0.2, 0.25) is 0 Å². The summed E-state index contributed by atoms with van der Waals surface area (Å²) in [4.78, 5) is 8.62. The van der Waals surface area contributed by atoms with Crippen LogP contribution >= 0.6 is 0 Å². The molecule has 3 rings (SSSR count). The molecule has 1 aliphatic carbocycles. The second-order valence-corrected chi connectivity index (χ2v) is 7.76. The summed E-state index contributed by atoms with van der Waals surface area (Å²) in [5, 5.41) is 6.75. The normalized spacial score (nSPS) is 15.9. The van der Waals surface area contributed by atoms with Crippen molar-refractivity contribution in [1.29, 1.82) is 0 Å². The van der Waals surface area contributed by atoms with Gasteiger partial charge in [0.25, 0.3) is 0 Å². The Morgan fingerprint density at radius 3 is 2.69 bits per heavy atom. The molecule has 0 radical (unpaired) electrons. The average Bonchev–Trinajstić information content (AvgIpc) is 2.97. The predicted octanol–water partition coefficient (Wildman–Crippen LogP) is 3.64. The first-order chi connectivity index (χ1) is 14.2. The summed E-state index contributed by atoms with van der Waals surface area (Å²) in [6.07, 6.45) is 12.1. The van der Waals surface area contributed by atoms with Crippen LogP contribution < -0.4 is 10.6 Å². The summed E-state index contributed by atoms with van der Waals surface area (Å²) < 4.78 is 8.20. The van der Waals surface area contributed by atoms with Gasteiger partial charge < -0.3 is 19.9 Å². The number of hydrogen-bond acceptors (Lipinski definition) is 3. The molecule has 0 spiro atoms. The molecule has 1 heterocycles. The Morgan fingerprint density at radius 2 is 1.97 bits per heavy atom. The first-order valence-corrected chi connectivity index (χ1v) is 10.9. The summed E-state index contributed by atoms with van der Waals surface area (Å²) in [6, 6.07) is 8.63. The molecule has 1 saturated carbocycles. The predicted molar refractivity (Wildman–Crippen MR) is 118 cm³/mol. The number of imidazole rings is 1. The molecule has 6 heteroatoms. The van der Waals surface area contributed by atoms with Gasteiger partial charge in [-0.15, -0.1) is 0 Å². The first-order valence-electron chi connectivity index (χ1n) is 10.9. The molecular weight excluding hydrogens is 362 g/mol. The fourth-order valence-corrected chi connectivity index (χ4v) is 3.82. The minimum Gasteiger partial charge on any atom is -0.376 e. The Bertz CT molecular complexity index is 762. The molecule has 0 aliphatic heterocycles. The molecule has 1 aliphatic rings. The number of aryl methyl sites for hydroxylation is 1. The quantitative estimate of drug-likeness (QED) is 0.309. The van der Waals surface area contributed by atoms with Gasteiger partial charge in [-0.05, 0) is 30.9 Å². The second-order valence-electron chi connectivity index (χ2n) is 7.76. The lowest BCUT2D eigenvalue weighted by Crippen LogP contribution is -2.38. The number of rotatable bonds is 8. The Labute approximate surface area is 174 Å². The van der Waals surface area contributed by atoms with Gasteiger partial charge in [0.05, 0.1) is 12.7 Å². The van der Waals surface area contributed by atoms with Crippen LogP contribution in [0.4, 0.5) is 0 Å². The summed E-state index contributed by atoms with van der Waals surface area (Å²) in [7, 11) is 1.81. The molecule has 2 N–H and O–H groups in total. The van der Waals surface area contributed by atoms with Gasteiger partial charge in [-0.1, -0.05) is 49.9 Å². The molecular formula is C23H35N5O. The van der Waals surface area contributed by atoms with Gasteiger partial charge in [0.1, 0.15) is 5.82 Å². The van der Waals surface area contributed by atoms with E-state index in [2.05, 4.69) is 49.4 Å². The summed E-state index contributed by atoms with van der Waals surface area (Å²) >= 11 is 0. The number of aromatic nitrogens is 2. The largest absolute Gasteiger partial charge is 0.376 e. The van der Waals surface area contributed by atoms with Crippen LogP contribution in [0.15, 0.2) is 41.7 Å². The summed E-state index contributed by atoms with van der Waals surface area (Å²) in [5.41, 5.74) is 2.50. The summed E-state index contributed by atoms with van der Waals surface area (Å²) in [6.45, 7) is 5.10. The molecule has 1 aromatic carbocycles. The molecule has 1 fully saturated rings. The number of ether oxygens (including phenoxy) is 1. The van der Waals surface area contributed by atoms with Crippen molar-refractivity contribution in [2.24, 2.45) is 4.99 Å². The van der Waals surface area contributed by atoms with E-state index in [4.69, 9.17) is 4.74 Å². The van der Waals surface area contributed by atoms with Crippen LogP contribution in [-0.4, -0.2) is 41.8 Å². The number of benzene rings is 1. The minimum absolute atomic E-state index is 0.441. The smallest absolute Gasteiger partial charge is 0.191 e. The highest BCUT2D eigenvalue weighted by atomic mass is 16.5. The molecule has 158 valence electrons.